The van der Waals surface area contributed by atoms with Gasteiger partial charge in [0.1, 0.15) is 17.4 Å². The van der Waals surface area contributed by atoms with Crippen LogP contribution in [0.2, 0.25) is 5.02 Å². The first-order chi connectivity index (χ1) is 9.63. The second kappa shape index (κ2) is 6.23. The summed E-state index contributed by atoms with van der Waals surface area (Å²) in [5, 5.41) is 9.34. The van der Waals surface area contributed by atoms with Gasteiger partial charge in [0, 0.05) is 5.56 Å². The van der Waals surface area contributed by atoms with E-state index in [1.807, 2.05) is 25.1 Å². The predicted octanol–water partition coefficient (Wildman–Crippen LogP) is 3.78. The van der Waals surface area contributed by atoms with E-state index < -0.39 is 0 Å². The molecule has 0 aromatic heterocycles. The lowest BCUT2D eigenvalue weighted by Crippen LogP contribution is -2.13. The second-order valence-electron chi connectivity index (χ2n) is 4.25. The van der Waals surface area contributed by atoms with Crippen molar-refractivity contribution in [3.05, 3.63) is 64.2 Å². The maximum Gasteiger partial charge on any atom is 0.200 e. The normalized spacial score (nSPS) is 9.85. The number of ketones is 1. The van der Waals surface area contributed by atoms with Crippen molar-refractivity contribution >= 4 is 17.4 Å². The van der Waals surface area contributed by atoms with E-state index in [4.69, 9.17) is 21.6 Å². The molecule has 2 rings (SSSR count). The lowest BCUT2D eigenvalue weighted by molar-refractivity contribution is 0.0920. The predicted molar refractivity (Wildman–Crippen MR) is 77.2 cm³/mol. The highest BCUT2D eigenvalue weighted by Crippen LogP contribution is 2.25. The topological polar surface area (TPSA) is 50.1 Å². The fraction of sp³-hybridized carbons (Fsp3) is 0.125. The maximum absolute atomic E-state index is 12.1. The summed E-state index contributed by atoms with van der Waals surface area (Å²) in [7, 11) is 0. The Balaban J connectivity index is 2.14. The number of carbonyl (C=O) groups excluding carboxylic acids is 1. The maximum atomic E-state index is 12.1. The molecule has 0 saturated heterocycles. The van der Waals surface area contributed by atoms with Crippen LogP contribution in [0.3, 0.4) is 0 Å². The minimum absolute atomic E-state index is 0.125. The van der Waals surface area contributed by atoms with Crippen molar-refractivity contribution in [2.45, 2.75) is 6.92 Å². The van der Waals surface area contributed by atoms with E-state index in [-0.39, 0.29) is 18.0 Å². The summed E-state index contributed by atoms with van der Waals surface area (Å²) in [5.41, 5.74) is 1.76. The van der Waals surface area contributed by atoms with E-state index >= 15 is 0 Å². The third kappa shape index (κ3) is 2.98. The van der Waals surface area contributed by atoms with E-state index in [0.717, 1.165) is 5.56 Å². The molecule has 0 radical (unpaired) electrons. The molecule has 0 fully saturated rings. The van der Waals surface area contributed by atoms with Crippen LogP contribution in [0.4, 0.5) is 0 Å². The monoisotopic (exact) mass is 285 g/mol. The first-order valence-electron chi connectivity index (χ1n) is 6.03. The van der Waals surface area contributed by atoms with Gasteiger partial charge < -0.3 is 4.74 Å². The smallest absolute Gasteiger partial charge is 0.200 e. The number of ether oxygens (including phenoxy) is 1. The van der Waals surface area contributed by atoms with Gasteiger partial charge >= 0.3 is 0 Å². The average molecular weight is 286 g/mol. The van der Waals surface area contributed by atoms with Gasteiger partial charge in [0.25, 0.3) is 0 Å². The SMILES string of the molecule is Cc1ccccc1C(=O)COc1cccc(Cl)c1C#N. The molecule has 0 aliphatic rings. The summed E-state index contributed by atoms with van der Waals surface area (Å²) in [6, 6.07) is 14.2. The van der Waals surface area contributed by atoms with Gasteiger partial charge in [0.05, 0.1) is 5.02 Å². The lowest BCUT2D eigenvalue weighted by atomic mass is 10.1. The van der Waals surface area contributed by atoms with Gasteiger partial charge in [-0.1, -0.05) is 41.9 Å². The molecule has 0 saturated carbocycles. The molecule has 4 heteroatoms. The van der Waals surface area contributed by atoms with Crippen LogP contribution in [-0.4, -0.2) is 12.4 Å². The number of hydrogen-bond acceptors (Lipinski definition) is 3. The van der Waals surface area contributed by atoms with Crippen molar-refractivity contribution in [2.24, 2.45) is 0 Å². The second-order valence-corrected chi connectivity index (χ2v) is 4.66. The molecule has 2 aromatic carbocycles. The Morgan fingerprint density at radius 2 is 2.00 bits per heavy atom. The molecule has 0 unspecified atom stereocenters. The third-order valence-corrected chi connectivity index (χ3v) is 3.21. The standard InChI is InChI=1S/C16H12ClNO2/c1-11-5-2-3-6-12(11)15(19)10-20-16-8-4-7-14(17)13(16)9-18/h2-8H,10H2,1H3. The summed E-state index contributed by atoms with van der Waals surface area (Å²) < 4.78 is 5.42. The molecule has 0 aliphatic carbocycles. The van der Waals surface area contributed by atoms with Crippen molar-refractivity contribution in [3.63, 3.8) is 0 Å². The van der Waals surface area contributed by atoms with Crippen LogP contribution in [0.1, 0.15) is 21.5 Å². The molecule has 100 valence electrons. The van der Waals surface area contributed by atoms with Crippen LogP contribution in [0.25, 0.3) is 0 Å². The van der Waals surface area contributed by atoms with Gasteiger partial charge in [0.15, 0.2) is 12.4 Å². The molecular weight excluding hydrogens is 274 g/mol. The minimum Gasteiger partial charge on any atom is -0.484 e. The quantitative estimate of drug-likeness (QED) is 0.803. The van der Waals surface area contributed by atoms with E-state index in [2.05, 4.69) is 0 Å². The zero-order chi connectivity index (χ0) is 14.5. The molecule has 0 N–H and O–H groups in total. The Hall–Kier alpha value is -2.31. The van der Waals surface area contributed by atoms with Crippen molar-refractivity contribution in [2.75, 3.05) is 6.61 Å². The van der Waals surface area contributed by atoms with Crippen molar-refractivity contribution < 1.29 is 9.53 Å². The number of carbonyl (C=O) groups is 1. The Morgan fingerprint density at radius 1 is 1.25 bits per heavy atom. The number of Topliss-reactive ketones (excluding diaryl/α,β-unsaturated/α-hetero) is 1. The molecule has 0 heterocycles. The molecule has 3 nitrogen and oxygen atoms in total. The minimum atomic E-state index is -0.132. The van der Waals surface area contributed by atoms with E-state index in [1.54, 1.807) is 30.3 Å². The fourth-order valence-corrected chi connectivity index (χ4v) is 2.05. The van der Waals surface area contributed by atoms with Gasteiger partial charge in [-0.15, -0.1) is 0 Å². The molecule has 0 bridgehead atoms. The highest BCUT2D eigenvalue weighted by molar-refractivity contribution is 6.31. The molecule has 0 amide bonds. The summed E-state index contributed by atoms with van der Waals surface area (Å²) in [6.07, 6.45) is 0. The Labute approximate surface area is 122 Å². The summed E-state index contributed by atoms with van der Waals surface area (Å²) in [5.74, 6) is 0.189. The number of hydrogen-bond donors (Lipinski definition) is 0. The van der Waals surface area contributed by atoms with Crippen LogP contribution in [0.15, 0.2) is 42.5 Å². The Bertz CT molecular complexity index is 689. The third-order valence-electron chi connectivity index (χ3n) is 2.89. The van der Waals surface area contributed by atoms with Crippen LogP contribution in [0, 0.1) is 18.3 Å². The highest BCUT2D eigenvalue weighted by Gasteiger charge is 2.12. The first-order valence-corrected chi connectivity index (χ1v) is 6.41. The fourth-order valence-electron chi connectivity index (χ4n) is 1.84. The zero-order valence-electron chi connectivity index (χ0n) is 10.9. The first kappa shape index (κ1) is 14.1. The molecule has 0 spiro atoms. The number of nitriles is 1. The van der Waals surface area contributed by atoms with Crippen molar-refractivity contribution in [1.82, 2.24) is 0 Å². The van der Waals surface area contributed by atoms with E-state index in [1.165, 1.54) is 0 Å². The molecule has 20 heavy (non-hydrogen) atoms. The number of benzene rings is 2. The van der Waals surface area contributed by atoms with Crippen LogP contribution in [-0.2, 0) is 0 Å². The molecular formula is C16H12ClNO2. The summed E-state index contributed by atoms with van der Waals surface area (Å²) in [6.45, 7) is 1.74. The average Bonchev–Trinajstić information content (AvgIpc) is 2.45. The number of nitrogens with zero attached hydrogens (tertiary/aromatic N) is 1. The van der Waals surface area contributed by atoms with Crippen LogP contribution >= 0.6 is 11.6 Å². The Kier molecular flexibility index (Phi) is 4.39. The van der Waals surface area contributed by atoms with Crippen molar-refractivity contribution in [3.8, 4) is 11.8 Å². The number of rotatable bonds is 4. The molecule has 0 atom stereocenters. The van der Waals surface area contributed by atoms with Crippen LogP contribution < -0.4 is 4.74 Å². The van der Waals surface area contributed by atoms with E-state index in [0.29, 0.717) is 16.3 Å². The number of aryl methyl sites for hydroxylation is 1. The van der Waals surface area contributed by atoms with E-state index in [9.17, 15) is 4.79 Å². The van der Waals surface area contributed by atoms with Gasteiger partial charge in [0.2, 0.25) is 0 Å². The number of halogens is 1. The Morgan fingerprint density at radius 3 is 2.70 bits per heavy atom. The summed E-state index contributed by atoms with van der Waals surface area (Å²) in [4.78, 5) is 12.1. The molecule has 2 aromatic rings. The summed E-state index contributed by atoms with van der Waals surface area (Å²) >= 11 is 5.90. The van der Waals surface area contributed by atoms with Gasteiger partial charge in [-0.2, -0.15) is 5.26 Å². The van der Waals surface area contributed by atoms with Gasteiger partial charge in [-0.05, 0) is 24.6 Å². The highest BCUT2D eigenvalue weighted by atomic mass is 35.5. The largest absolute Gasteiger partial charge is 0.484 e. The van der Waals surface area contributed by atoms with Gasteiger partial charge in [-0.25, -0.2) is 0 Å². The zero-order valence-corrected chi connectivity index (χ0v) is 11.6. The van der Waals surface area contributed by atoms with Crippen molar-refractivity contribution in [1.29, 1.82) is 5.26 Å². The van der Waals surface area contributed by atoms with Crippen LogP contribution in [0.5, 0.6) is 5.75 Å². The van der Waals surface area contributed by atoms with Gasteiger partial charge in [-0.3, -0.25) is 4.79 Å². The molecule has 0 aliphatic heterocycles. The lowest BCUT2D eigenvalue weighted by Gasteiger charge is -2.09.